The van der Waals surface area contributed by atoms with Gasteiger partial charge in [-0.1, -0.05) is 54.2 Å². The number of thioether (sulfide) groups is 1. The molecule has 0 spiro atoms. The lowest BCUT2D eigenvalue weighted by molar-refractivity contribution is 0.813. The number of nitrogens with zero attached hydrogens (tertiary/aromatic N) is 3. The maximum Gasteiger partial charge on any atom is 0.283 e. The van der Waals surface area contributed by atoms with Crippen molar-refractivity contribution in [3.63, 3.8) is 0 Å². The van der Waals surface area contributed by atoms with Gasteiger partial charge in [0.05, 0.1) is 11.4 Å². The van der Waals surface area contributed by atoms with Crippen LogP contribution in [-0.4, -0.2) is 19.5 Å². The summed E-state index contributed by atoms with van der Waals surface area (Å²) in [6.45, 7) is 2.00. The van der Waals surface area contributed by atoms with Crippen molar-refractivity contribution in [2.24, 2.45) is 0 Å². The highest BCUT2D eigenvalue weighted by molar-refractivity contribution is 7.98. The Bertz CT molecular complexity index is 1390. The van der Waals surface area contributed by atoms with Crippen molar-refractivity contribution in [1.29, 1.82) is 0 Å². The molecule has 5 rings (SSSR count). The predicted molar refractivity (Wildman–Crippen MR) is 118 cm³/mol. The van der Waals surface area contributed by atoms with E-state index < -0.39 is 0 Å². The molecule has 0 unspecified atom stereocenters. The van der Waals surface area contributed by atoms with Gasteiger partial charge in [-0.2, -0.15) is 0 Å². The highest BCUT2D eigenvalue weighted by Crippen LogP contribution is 2.28. The third-order valence-corrected chi connectivity index (χ3v) is 5.90. The van der Waals surface area contributed by atoms with Crippen molar-refractivity contribution in [1.82, 2.24) is 19.5 Å². The molecule has 0 aliphatic carbocycles. The van der Waals surface area contributed by atoms with Gasteiger partial charge >= 0.3 is 0 Å². The number of aryl methyl sites for hydroxylation is 1. The minimum Gasteiger partial charge on any atom is -0.349 e. The van der Waals surface area contributed by atoms with Crippen LogP contribution in [-0.2, 0) is 5.75 Å². The molecule has 3 heterocycles. The summed E-state index contributed by atoms with van der Waals surface area (Å²) in [5.41, 5.74) is 4.86. The zero-order valence-corrected chi connectivity index (χ0v) is 16.6. The smallest absolute Gasteiger partial charge is 0.283 e. The van der Waals surface area contributed by atoms with Gasteiger partial charge in [-0.25, -0.2) is 4.98 Å². The van der Waals surface area contributed by atoms with Crippen molar-refractivity contribution in [2.75, 3.05) is 0 Å². The normalized spacial score (nSPS) is 11.3. The molecule has 3 aromatic heterocycles. The summed E-state index contributed by atoms with van der Waals surface area (Å²) in [4.78, 5) is 26.1. The number of H-pyrrole nitrogens is 1. The van der Waals surface area contributed by atoms with Crippen molar-refractivity contribution in [2.45, 2.75) is 17.8 Å². The second-order valence-corrected chi connectivity index (χ2v) is 7.77. The van der Waals surface area contributed by atoms with Crippen LogP contribution in [0.2, 0.25) is 0 Å². The number of fused-ring (bicyclic) bond motifs is 3. The fraction of sp³-hybridized carbons (Fsp3) is 0.0870. The number of hydrogen-bond donors (Lipinski definition) is 1. The van der Waals surface area contributed by atoms with E-state index in [9.17, 15) is 4.79 Å². The molecule has 0 aliphatic heterocycles. The van der Waals surface area contributed by atoms with Gasteiger partial charge in [0, 0.05) is 22.9 Å². The van der Waals surface area contributed by atoms with Crippen LogP contribution < -0.4 is 5.56 Å². The molecule has 0 aliphatic rings. The molecular formula is C23H18N4OS. The van der Waals surface area contributed by atoms with E-state index in [2.05, 4.69) is 9.97 Å². The molecule has 0 atom stereocenters. The van der Waals surface area contributed by atoms with Gasteiger partial charge in [0.1, 0.15) is 11.0 Å². The highest BCUT2D eigenvalue weighted by Gasteiger charge is 2.18. The number of para-hydroxylation sites is 2. The fourth-order valence-corrected chi connectivity index (χ4v) is 4.40. The van der Waals surface area contributed by atoms with Gasteiger partial charge in [0.25, 0.3) is 5.56 Å². The molecule has 142 valence electrons. The first kappa shape index (κ1) is 17.7. The molecule has 29 heavy (non-hydrogen) atoms. The molecule has 0 fully saturated rings. The van der Waals surface area contributed by atoms with Gasteiger partial charge in [0.2, 0.25) is 0 Å². The summed E-state index contributed by atoms with van der Waals surface area (Å²) in [5, 5.41) is 1.61. The molecule has 2 aromatic carbocycles. The lowest BCUT2D eigenvalue weighted by atomic mass is 10.2. The fourth-order valence-electron chi connectivity index (χ4n) is 3.49. The second-order valence-electron chi connectivity index (χ2n) is 6.83. The second kappa shape index (κ2) is 7.22. The van der Waals surface area contributed by atoms with Crippen LogP contribution in [0.25, 0.3) is 27.6 Å². The van der Waals surface area contributed by atoms with E-state index in [-0.39, 0.29) is 5.56 Å². The largest absolute Gasteiger partial charge is 0.349 e. The summed E-state index contributed by atoms with van der Waals surface area (Å²) in [6, 6.07) is 21.6. The van der Waals surface area contributed by atoms with E-state index in [1.54, 1.807) is 10.8 Å². The standard InChI is InChI=1S/C23H18N4OS/c1-15-8-2-5-12-19(15)27-22(28)21-20(17-10-3-4-11-18(17)25-21)26-23(27)29-14-16-9-6-7-13-24-16/h2-13,25H,14H2,1H3. The number of benzene rings is 2. The quantitative estimate of drug-likeness (QED) is 0.347. The Labute approximate surface area is 171 Å². The summed E-state index contributed by atoms with van der Waals surface area (Å²) in [7, 11) is 0. The predicted octanol–water partition coefficient (Wildman–Crippen LogP) is 4.86. The third kappa shape index (κ3) is 3.11. The van der Waals surface area contributed by atoms with Gasteiger partial charge in [-0.3, -0.25) is 14.3 Å². The maximum atomic E-state index is 13.5. The van der Waals surface area contributed by atoms with Crippen LogP contribution in [0, 0.1) is 6.92 Å². The van der Waals surface area contributed by atoms with Gasteiger partial charge in [-0.05, 0) is 36.8 Å². The number of hydrogen-bond acceptors (Lipinski definition) is 4. The molecule has 0 radical (unpaired) electrons. The average Bonchev–Trinajstić information content (AvgIpc) is 3.13. The third-order valence-electron chi connectivity index (χ3n) is 4.93. The number of aromatic nitrogens is 4. The number of rotatable bonds is 4. The molecule has 0 saturated carbocycles. The first-order valence-corrected chi connectivity index (χ1v) is 10.3. The highest BCUT2D eigenvalue weighted by atomic mass is 32.2. The van der Waals surface area contributed by atoms with E-state index in [1.807, 2.05) is 73.7 Å². The van der Waals surface area contributed by atoms with Crippen molar-refractivity contribution in [3.8, 4) is 5.69 Å². The number of pyridine rings is 1. The van der Waals surface area contributed by atoms with Crippen molar-refractivity contribution in [3.05, 3.63) is 94.5 Å². The van der Waals surface area contributed by atoms with Gasteiger partial charge in [0.15, 0.2) is 5.16 Å². The Morgan fingerprint density at radius 2 is 1.79 bits per heavy atom. The summed E-state index contributed by atoms with van der Waals surface area (Å²) in [6.07, 6.45) is 1.78. The van der Waals surface area contributed by atoms with Crippen LogP contribution in [0.3, 0.4) is 0 Å². The SMILES string of the molecule is Cc1ccccc1-n1c(SCc2ccccn2)nc2c([nH]c3ccccc32)c1=O. The molecule has 0 bridgehead atoms. The lowest BCUT2D eigenvalue weighted by Gasteiger charge is -2.14. The van der Waals surface area contributed by atoms with Crippen molar-refractivity contribution < 1.29 is 0 Å². The Balaban J connectivity index is 1.75. The zero-order chi connectivity index (χ0) is 19.8. The molecule has 5 nitrogen and oxygen atoms in total. The summed E-state index contributed by atoms with van der Waals surface area (Å²) >= 11 is 1.52. The van der Waals surface area contributed by atoms with Crippen LogP contribution in [0.4, 0.5) is 0 Å². The molecule has 5 aromatic rings. The Hall–Kier alpha value is -3.38. The first-order valence-electron chi connectivity index (χ1n) is 9.34. The van der Waals surface area contributed by atoms with E-state index in [1.165, 1.54) is 11.8 Å². The minimum atomic E-state index is -0.0935. The number of nitrogens with one attached hydrogen (secondary N) is 1. The monoisotopic (exact) mass is 398 g/mol. The van der Waals surface area contributed by atoms with Crippen LogP contribution in [0.5, 0.6) is 0 Å². The Morgan fingerprint density at radius 3 is 2.62 bits per heavy atom. The van der Waals surface area contributed by atoms with Crippen LogP contribution in [0.1, 0.15) is 11.3 Å². The Morgan fingerprint density at radius 1 is 1.00 bits per heavy atom. The van der Waals surface area contributed by atoms with Gasteiger partial charge in [-0.15, -0.1) is 0 Å². The van der Waals surface area contributed by atoms with E-state index in [4.69, 9.17) is 4.98 Å². The van der Waals surface area contributed by atoms with Gasteiger partial charge < -0.3 is 4.98 Å². The van der Waals surface area contributed by atoms with Crippen LogP contribution in [0.15, 0.2) is 82.9 Å². The topological polar surface area (TPSA) is 63.6 Å². The molecule has 1 N–H and O–H groups in total. The molecular weight excluding hydrogens is 380 g/mol. The average molecular weight is 398 g/mol. The number of aromatic amines is 1. The first-order chi connectivity index (χ1) is 14.2. The van der Waals surface area contributed by atoms with E-state index >= 15 is 0 Å². The van der Waals surface area contributed by atoms with E-state index in [0.29, 0.717) is 21.9 Å². The Kier molecular flexibility index (Phi) is 4.41. The summed E-state index contributed by atoms with van der Waals surface area (Å²) in [5.74, 6) is 0.632. The molecule has 0 saturated heterocycles. The maximum absolute atomic E-state index is 13.5. The van der Waals surface area contributed by atoms with Crippen LogP contribution >= 0.6 is 11.8 Å². The molecule has 6 heteroatoms. The zero-order valence-electron chi connectivity index (χ0n) is 15.8. The lowest BCUT2D eigenvalue weighted by Crippen LogP contribution is -2.22. The van der Waals surface area contributed by atoms with E-state index in [0.717, 1.165) is 27.8 Å². The summed E-state index contributed by atoms with van der Waals surface area (Å²) < 4.78 is 1.71. The molecule has 0 amide bonds. The van der Waals surface area contributed by atoms with Crippen molar-refractivity contribution >= 4 is 33.7 Å². The minimum absolute atomic E-state index is 0.0935.